The third kappa shape index (κ3) is 5.33. The fraction of sp³-hybridized carbons (Fsp3) is 0.688. The van der Waals surface area contributed by atoms with Crippen LogP contribution in [0.5, 0.6) is 0 Å². The average Bonchev–Trinajstić information content (AvgIpc) is 2.46. The highest BCUT2D eigenvalue weighted by molar-refractivity contribution is 6.03. The summed E-state index contributed by atoms with van der Waals surface area (Å²) < 4.78 is 0. The number of hydrogen-bond acceptors (Lipinski definition) is 3. The minimum Gasteiger partial charge on any atom is -0.478 e. The molecule has 1 fully saturated rings. The lowest BCUT2D eigenvalue weighted by atomic mass is 9.83. The summed E-state index contributed by atoms with van der Waals surface area (Å²) >= 11 is 0. The lowest BCUT2D eigenvalue weighted by molar-refractivity contribution is -0.136. The SMILES string of the molecule is CCCCC(C(=O)O)=C(CC(=O)C1CCCCC1)C(=O)O. The number of Topliss-reactive ketones (excluding diaryl/α,β-unsaturated/α-hetero) is 1. The Bertz CT molecular complexity index is 430. The highest BCUT2D eigenvalue weighted by Gasteiger charge is 2.27. The van der Waals surface area contributed by atoms with Crippen molar-refractivity contribution in [1.82, 2.24) is 0 Å². The predicted molar refractivity (Wildman–Crippen MR) is 78.0 cm³/mol. The van der Waals surface area contributed by atoms with E-state index in [4.69, 9.17) is 0 Å². The molecule has 0 radical (unpaired) electrons. The van der Waals surface area contributed by atoms with E-state index in [0.29, 0.717) is 6.42 Å². The van der Waals surface area contributed by atoms with E-state index in [1.54, 1.807) is 0 Å². The number of unbranched alkanes of at least 4 members (excludes halogenated alkanes) is 1. The molecule has 1 saturated carbocycles. The van der Waals surface area contributed by atoms with E-state index in [1.165, 1.54) is 0 Å². The Kier molecular flexibility index (Phi) is 7.12. The van der Waals surface area contributed by atoms with Crippen LogP contribution in [-0.4, -0.2) is 27.9 Å². The number of ketones is 1. The van der Waals surface area contributed by atoms with E-state index in [0.717, 1.165) is 38.5 Å². The zero-order valence-corrected chi connectivity index (χ0v) is 12.6. The summed E-state index contributed by atoms with van der Waals surface area (Å²) in [5.41, 5.74) is -0.347. The first kappa shape index (κ1) is 17.4. The fourth-order valence-corrected chi connectivity index (χ4v) is 2.79. The Hall–Kier alpha value is -1.65. The predicted octanol–water partition coefficient (Wildman–Crippen LogP) is 3.18. The number of carboxylic acid groups (broad SMARTS) is 2. The molecule has 0 aromatic heterocycles. The molecule has 1 rings (SSSR count). The Morgan fingerprint density at radius 2 is 1.52 bits per heavy atom. The van der Waals surface area contributed by atoms with Crippen LogP contribution >= 0.6 is 0 Å². The second-order valence-corrected chi connectivity index (χ2v) is 5.65. The van der Waals surface area contributed by atoms with Gasteiger partial charge < -0.3 is 10.2 Å². The van der Waals surface area contributed by atoms with Crippen molar-refractivity contribution in [3.05, 3.63) is 11.1 Å². The maximum atomic E-state index is 12.2. The molecule has 0 spiro atoms. The maximum Gasteiger partial charge on any atom is 0.332 e. The first-order chi connectivity index (χ1) is 9.97. The van der Waals surface area contributed by atoms with E-state index in [-0.39, 0.29) is 35.7 Å². The molecule has 118 valence electrons. The van der Waals surface area contributed by atoms with Crippen molar-refractivity contribution in [3.63, 3.8) is 0 Å². The van der Waals surface area contributed by atoms with Crippen molar-refractivity contribution in [2.75, 3.05) is 0 Å². The van der Waals surface area contributed by atoms with Crippen molar-refractivity contribution in [2.24, 2.45) is 5.92 Å². The molecule has 5 heteroatoms. The van der Waals surface area contributed by atoms with Crippen LogP contribution in [0.1, 0.15) is 64.7 Å². The fourth-order valence-electron chi connectivity index (χ4n) is 2.79. The van der Waals surface area contributed by atoms with Gasteiger partial charge in [-0.3, -0.25) is 4.79 Å². The zero-order valence-electron chi connectivity index (χ0n) is 12.6. The van der Waals surface area contributed by atoms with Crippen LogP contribution in [0.2, 0.25) is 0 Å². The van der Waals surface area contributed by atoms with Gasteiger partial charge in [0.05, 0.1) is 5.57 Å². The summed E-state index contributed by atoms with van der Waals surface area (Å²) in [4.78, 5) is 34.9. The van der Waals surface area contributed by atoms with Gasteiger partial charge in [0.15, 0.2) is 0 Å². The monoisotopic (exact) mass is 296 g/mol. The topological polar surface area (TPSA) is 91.7 Å². The molecule has 0 saturated heterocycles. The molecule has 0 aromatic rings. The third-order valence-corrected chi connectivity index (χ3v) is 4.07. The summed E-state index contributed by atoms with van der Waals surface area (Å²) in [5, 5.41) is 18.5. The van der Waals surface area contributed by atoms with Crippen molar-refractivity contribution in [3.8, 4) is 0 Å². The molecule has 1 aliphatic rings. The van der Waals surface area contributed by atoms with Crippen molar-refractivity contribution in [1.29, 1.82) is 0 Å². The molecule has 5 nitrogen and oxygen atoms in total. The second kappa shape index (κ2) is 8.60. The molecule has 1 aliphatic carbocycles. The van der Waals surface area contributed by atoms with Gasteiger partial charge in [-0.1, -0.05) is 32.6 Å². The minimum atomic E-state index is -1.28. The van der Waals surface area contributed by atoms with Gasteiger partial charge in [0, 0.05) is 17.9 Å². The number of carboxylic acids is 2. The molecule has 0 bridgehead atoms. The number of hydrogen-bond donors (Lipinski definition) is 2. The maximum absolute atomic E-state index is 12.2. The molecule has 0 aromatic carbocycles. The first-order valence-electron chi connectivity index (χ1n) is 7.68. The smallest absolute Gasteiger partial charge is 0.332 e. The summed E-state index contributed by atoms with van der Waals surface area (Å²) in [6.45, 7) is 1.91. The molecule has 0 amide bonds. The molecule has 21 heavy (non-hydrogen) atoms. The van der Waals surface area contributed by atoms with Crippen molar-refractivity contribution < 1.29 is 24.6 Å². The normalized spacial score (nSPS) is 17.2. The highest BCUT2D eigenvalue weighted by atomic mass is 16.4. The van der Waals surface area contributed by atoms with Crippen LogP contribution in [0, 0.1) is 5.92 Å². The van der Waals surface area contributed by atoms with E-state index < -0.39 is 11.9 Å². The van der Waals surface area contributed by atoms with Crippen molar-refractivity contribution in [2.45, 2.75) is 64.7 Å². The van der Waals surface area contributed by atoms with Gasteiger partial charge in [-0.15, -0.1) is 0 Å². The van der Waals surface area contributed by atoms with Gasteiger partial charge in [-0.25, -0.2) is 9.59 Å². The van der Waals surface area contributed by atoms with E-state index >= 15 is 0 Å². The van der Waals surface area contributed by atoms with Crippen LogP contribution in [0.25, 0.3) is 0 Å². The molecular weight excluding hydrogens is 272 g/mol. The molecule has 0 aliphatic heterocycles. The van der Waals surface area contributed by atoms with E-state index in [2.05, 4.69) is 0 Å². The first-order valence-corrected chi connectivity index (χ1v) is 7.68. The van der Waals surface area contributed by atoms with Crippen LogP contribution < -0.4 is 0 Å². The summed E-state index contributed by atoms with van der Waals surface area (Å²) in [7, 11) is 0. The van der Waals surface area contributed by atoms with Gasteiger partial charge in [0.1, 0.15) is 5.78 Å². The number of carbonyl (C=O) groups excluding carboxylic acids is 1. The van der Waals surface area contributed by atoms with Gasteiger partial charge in [-0.05, 0) is 25.7 Å². The molecule has 0 heterocycles. The Morgan fingerprint density at radius 1 is 0.952 bits per heavy atom. The molecular formula is C16H24O5. The quantitative estimate of drug-likeness (QED) is 0.671. The Balaban J connectivity index is 2.90. The molecule has 0 atom stereocenters. The lowest BCUT2D eigenvalue weighted by Crippen LogP contribution is -2.21. The highest BCUT2D eigenvalue weighted by Crippen LogP contribution is 2.27. The van der Waals surface area contributed by atoms with Crippen LogP contribution in [0.4, 0.5) is 0 Å². The summed E-state index contributed by atoms with van der Waals surface area (Å²) in [6.07, 6.45) is 6.01. The Morgan fingerprint density at radius 3 is 2.00 bits per heavy atom. The van der Waals surface area contributed by atoms with Gasteiger partial charge in [-0.2, -0.15) is 0 Å². The summed E-state index contributed by atoms with van der Waals surface area (Å²) in [6, 6.07) is 0. The van der Waals surface area contributed by atoms with E-state index in [9.17, 15) is 24.6 Å². The third-order valence-electron chi connectivity index (χ3n) is 4.07. The lowest BCUT2D eigenvalue weighted by Gasteiger charge is -2.20. The van der Waals surface area contributed by atoms with E-state index in [1.807, 2.05) is 6.92 Å². The Labute approximate surface area is 125 Å². The standard InChI is InChI=1S/C16H24O5/c1-2-3-9-12(15(18)19)13(16(20)21)10-14(17)11-7-5-4-6-8-11/h11H,2-10H2,1H3,(H,18,19)(H,20,21). The minimum absolute atomic E-state index is 0.102. The van der Waals surface area contributed by atoms with Crippen LogP contribution in [0.15, 0.2) is 11.1 Å². The largest absolute Gasteiger partial charge is 0.478 e. The van der Waals surface area contributed by atoms with Gasteiger partial charge in [0.25, 0.3) is 0 Å². The molecule has 0 unspecified atom stereocenters. The summed E-state index contributed by atoms with van der Waals surface area (Å²) in [5.74, 6) is -2.73. The number of carbonyl (C=O) groups is 3. The van der Waals surface area contributed by atoms with Crippen molar-refractivity contribution >= 4 is 17.7 Å². The van der Waals surface area contributed by atoms with Crippen LogP contribution in [0.3, 0.4) is 0 Å². The molecule has 2 N–H and O–H groups in total. The number of aliphatic carboxylic acids is 2. The number of rotatable bonds is 8. The van der Waals surface area contributed by atoms with Gasteiger partial charge in [0.2, 0.25) is 0 Å². The van der Waals surface area contributed by atoms with Gasteiger partial charge >= 0.3 is 11.9 Å². The van der Waals surface area contributed by atoms with Crippen LogP contribution in [-0.2, 0) is 14.4 Å². The second-order valence-electron chi connectivity index (χ2n) is 5.65. The zero-order chi connectivity index (χ0) is 15.8. The average molecular weight is 296 g/mol.